The Labute approximate surface area is 175 Å². The summed E-state index contributed by atoms with van der Waals surface area (Å²) >= 11 is 0. The van der Waals surface area contributed by atoms with Crippen LogP contribution < -0.4 is 0 Å². The lowest BCUT2D eigenvalue weighted by molar-refractivity contribution is 1.50. The molecule has 0 aliphatic heterocycles. The number of fused-ring (bicyclic) bond motifs is 4. The molecule has 0 atom stereocenters. The molecule has 1 nitrogen and oxygen atoms in total. The van der Waals surface area contributed by atoms with E-state index in [1.807, 2.05) is 26.0 Å². The molecule has 0 aromatic heterocycles. The molecule has 0 saturated carbocycles. The molecule has 1 heteroatoms. The molecule has 0 heterocycles. The van der Waals surface area contributed by atoms with E-state index in [0.29, 0.717) is 5.56 Å². The quantitative estimate of drug-likeness (QED) is 0.212. The molecule has 0 N–H and O–H groups in total. The zero-order chi connectivity index (χ0) is 20.7. The Morgan fingerprint density at radius 2 is 1.07 bits per heavy atom. The van der Waals surface area contributed by atoms with Gasteiger partial charge in [0.1, 0.15) is 0 Å². The molecule has 138 valence electrons. The standard InChI is InChI=1S/C29H17N/c1-3-8-23-26-14-19-10-5-6-11-20(19)15-27(26)24(9-4-2)29-17-25-21(16-28(23)29)12-7-13-22(25)18-30/h5-7,10-17H,1-2H3. The molecule has 0 amide bonds. The number of nitrogens with zero attached hydrogens (tertiary/aromatic N) is 1. The molecule has 0 spiro atoms. The number of benzene rings is 5. The van der Waals surface area contributed by atoms with E-state index in [0.717, 1.165) is 43.4 Å². The molecule has 0 fully saturated rings. The van der Waals surface area contributed by atoms with Crippen LogP contribution in [0.2, 0.25) is 0 Å². The average Bonchev–Trinajstić information content (AvgIpc) is 2.78. The molecule has 0 saturated heterocycles. The van der Waals surface area contributed by atoms with Crippen molar-refractivity contribution in [2.24, 2.45) is 0 Å². The smallest absolute Gasteiger partial charge is 0.0998 e. The van der Waals surface area contributed by atoms with Crippen molar-refractivity contribution in [1.82, 2.24) is 0 Å². The highest BCUT2D eigenvalue weighted by molar-refractivity contribution is 6.16. The van der Waals surface area contributed by atoms with Crippen LogP contribution in [0.5, 0.6) is 0 Å². The second-order valence-electron chi connectivity index (χ2n) is 7.28. The summed E-state index contributed by atoms with van der Waals surface area (Å²) in [6.45, 7) is 3.73. The summed E-state index contributed by atoms with van der Waals surface area (Å²) in [7, 11) is 0. The van der Waals surface area contributed by atoms with Crippen molar-refractivity contribution in [3.63, 3.8) is 0 Å². The molecule has 0 unspecified atom stereocenters. The highest BCUT2D eigenvalue weighted by atomic mass is 14.2. The fourth-order valence-electron chi connectivity index (χ4n) is 4.30. The van der Waals surface area contributed by atoms with Crippen molar-refractivity contribution in [3.8, 4) is 29.8 Å². The van der Waals surface area contributed by atoms with Crippen LogP contribution in [0.15, 0.2) is 66.7 Å². The van der Waals surface area contributed by atoms with Crippen molar-refractivity contribution in [1.29, 1.82) is 5.26 Å². The minimum absolute atomic E-state index is 0.673. The summed E-state index contributed by atoms with van der Waals surface area (Å²) in [6, 6.07) is 25.2. The Hall–Kier alpha value is -4.25. The summed E-state index contributed by atoms with van der Waals surface area (Å²) in [4.78, 5) is 0. The van der Waals surface area contributed by atoms with E-state index in [-0.39, 0.29) is 0 Å². The van der Waals surface area contributed by atoms with Crippen molar-refractivity contribution in [2.75, 3.05) is 0 Å². The van der Waals surface area contributed by atoms with Crippen molar-refractivity contribution in [2.45, 2.75) is 13.8 Å². The minimum atomic E-state index is 0.673. The third-order valence-electron chi connectivity index (χ3n) is 5.60. The van der Waals surface area contributed by atoms with Gasteiger partial charge < -0.3 is 0 Å². The molecule has 30 heavy (non-hydrogen) atoms. The van der Waals surface area contributed by atoms with E-state index in [9.17, 15) is 5.26 Å². The molecule has 0 bridgehead atoms. The Kier molecular flexibility index (Phi) is 4.14. The number of rotatable bonds is 0. The van der Waals surface area contributed by atoms with Crippen LogP contribution in [0.25, 0.3) is 43.1 Å². The van der Waals surface area contributed by atoms with Crippen molar-refractivity contribution >= 4 is 43.1 Å². The molecule has 0 aliphatic rings. The first-order valence-electron chi connectivity index (χ1n) is 9.85. The van der Waals surface area contributed by atoms with E-state index in [4.69, 9.17) is 0 Å². The van der Waals surface area contributed by atoms with Gasteiger partial charge in [0, 0.05) is 16.5 Å². The SMILES string of the molecule is CC#Cc1c2cc3ccccc3cc2c(C#CC)c2cc3c(C#N)cccc3cc12. The van der Waals surface area contributed by atoms with Gasteiger partial charge in [-0.3, -0.25) is 0 Å². The zero-order valence-electron chi connectivity index (χ0n) is 16.8. The van der Waals surface area contributed by atoms with E-state index >= 15 is 0 Å². The maximum absolute atomic E-state index is 9.61. The van der Waals surface area contributed by atoms with Crippen LogP contribution in [-0.4, -0.2) is 0 Å². The van der Waals surface area contributed by atoms with Gasteiger partial charge in [-0.15, -0.1) is 11.8 Å². The van der Waals surface area contributed by atoms with Gasteiger partial charge in [0.25, 0.3) is 0 Å². The molecule has 5 aromatic rings. The number of hydrogen-bond acceptors (Lipinski definition) is 1. The topological polar surface area (TPSA) is 23.8 Å². The lowest BCUT2D eigenvalue weighted by atomic mass is 9.88. The second kappa shape index (κ2) is 6.97. The second-order valence-corrected chi connectivity index (χ2v) is 7.28. The Bertz CT molecular complexity index is 1670. The largest absolute Gasteiger partial charge is 0.192 e. The zero-order valence-corrected chi connectivity index (χ0v) is 16.8. The molecule has 5 aromatic carbocycles. The first-order chi connectivity index (χ1) is 14.7. The predicted octanol–water partition coefficient (Wildman–Crippen LogP) is 6.91. The van der Waals surface area contributed by atoms with Gasteiger partial charge in [0.2, 0.25) is 0 Å². The van der Waals surface area contributed by atoms with Gasteiger partial charge in [0.05, 0.1) is 11.6 Å². The van der Waals surface area contributed by atoms with Crippen LogP contribution in [0.1, 0.15) is 30.5 Å². The summed E-state index contributed by atoms with van der Waals surface area (Å²) in [5, 5.41) is 18.3. The van der Waals surface area contributed by atoms with Crippen LogP contribution in [0.3, 0.4) is 0 Å². The summed E-state index contributed by atoms with van der Waals surface area (Å²) in [6.07, 6.45) is 0. The highest BCUT2D eigenvalue weighted by Gasteiger charge is 2.15. The summed E-state index contributed by atoms with van der Waals surface area (Å²) in [5.41, 5.74) is 2.68. The normalized spacial score (nSPS) is 10.4. The minimum Gasteiger partial charge on any atom is -0.192 e. The van der Waals surface area contributed by atoms with E-state index in [1.54, 1.807) is 0 Å². The third-order valence-corrected chi connectivity index (χ3v) is 5.60. The van der Waals surface area contributed by atoms with Gasteiger partial charge in [-0.2, -0.15) is 5.26 Å². The lowest BCUT2D eigenvalue weighted by Crippen LogP contribution is -1.92. The molecule has 0 aliphatic carbocycles. The van der Waals surface area contributed by atoms with Crippen LogP contribution in [0.4, 0.5) is 0 Å². The van der Waals surface area contributed by atoms with Crippen LogP contribution >= 0.6 is 0 Å². The van der Waals surface area contributed by atoms with Gasteiger partial charge in [-0.05, 0) is 81.9 Å². The highest BCUT2D eigenvalue weighted by Crippen LogP contribution is 2.37. The van der Waals surface area contributed by atoms with Crippen molar-refractivity contribution in [3.05, 3.63) is 83.4 Å². The van der Waals surface area contributed by atoms with Crippen molar-refractivity contribution < 1.29 is 0 Å². The number of hydrogen-bond donors (Lipinski definition) is 0. The molecule has 0 radical (unpaired) electrons. The summed E-state index contributed by atoms with van der Waals surface area (Å²) < 4.78 is 0. The first kappa shape index (κ1) is 17.8. The Morgan fingerprint density at radius 1 is 0.567 bits per heavy atom. The Morgan fingerprint density at radius 3 is 1.60 bits per heavy atom. The van der Waals surface area contributed by atoms with E-state index in [2.05, 4.69) is 84.3 Å². The van der Waals surface area contributed by atoms with E-state index in [1.165, 1.54) is 10.8 Å². The fourth-order valence-corrected chi connectivity index (χ4v) is 4.30. The van der Waals surface area contributed by atoms with Crippen LogP contribution in [0, 0.1) is 35.0 Å². The number of nitriles is 1. The fraction of sp³-hybridized carbons (Fsp3) is 0.0690. The molecule has 5 rings (SSSR count). The predicted molar refractivity (Wildman–Crippen MR) is 126 cm³/mol. The monoisotopic (exact) mass is 379 g/mol. The maximum Gasteiger partial charge on any atom is 0.0998 e. The maximum atomic E-state index is 9.61. The summed E-state index contributed by atoms with van der Waals surface area (Å²) in [5.74, 6) is 12.9. The van der Waals surface area contributed by atoms with E-state index < -0.39 is 0 Å². The lowest BCUT2D eigenvalue weighted by Gasteiger charge is -2.14. The molecular formula is C29H17N. The molecular weight excluding hydrogens is 362 g/mol. The Balaban J connectivity index is 2.12. The average molecular weight is 379 g/mol. The van der Waals surface area contributed by atoms with Gasteiger partial charge >= 0.3 is 0 Å². The van der Waals surface area contributed by atoms with Crippen LogP contribution in [-0.2, 0) is 0 Å². The van der Waals surface area contributed by atoms with Gasteiger partial charge in [-0.1, -0.05) is 48.2 Å². The van der Waals surface area contributed by atoms with Gasteiger partial charge in [-0.25, -0.2) is 0 Å². The van der Waals surface area contributed by atoms with Gasteiger partial charge in [0.15, 0.2) is 0 Å². The first-order valence-corrected chi connectivity index (χ1v) is 9.85. The third kappa shape index (κ3) is 2.60.